The van der Waals surface area contributed by atoms with Crippen molar-refractivity contribution in [2.24, 2.45) is 0 Å². The van der Waals surface area contributed by atoms with Gasteiger partial charge in [-0.3, -0.25) is 4.79 Å². The van der Waals surface area contributed by atoms with Crippen molar-refractivity contribution in [3.8, 4) is 0 Å². The molecule has 2 heteroatoms. The van der Waals surface area contributed by atoms with Crippen molar-refractivity contribution in [3.63, 3.8) is 0 Å². The minimum atomic E-state index is 0.0264. The third-order valence-corrected chi connectivity index (χ3v) is 3.43. The van der Waals surface area contributed by atoms with Crippen LogP contribution in [0.15, 0.2) is 58.6 Å². The smallest absolute Gasteiger partial charge is 0.231 e. The molecule has 2 aliphatic carbocycles. The van der Waals surface area contributed by atoms with Crippen LogP contribution < -0.4 is 0 Å². The first-order valence-electron chi connectivity index (χ1n) is 6.46. The highest BCUT2D eigenvalue weighted by molar-refractivity contribution is 6.12. The van der Waals surface area contributed by atoms with E-state index in [1.165, 1.54) is 5.57 Å². The molecular weight excluding hydrogens is 224 g/mol. The van der Waals surface area contributed by atoms with Gasteiger partial charge in [0.05, 0.1) is 5.57 Å². The fraction of sp³-hybridized carbons (Fsp3) is 0.312. The molecule has 92 valence electrons. The van der Waals surface area contributed by atoms with Gasteiger partial charge in [0, 0.05) is 0 Å². The van der Waals surface area contributed by atoms with E-state index in [-0.39, 0.29) is 5.78 Å². The first-order valence-corrected chi connectivity index (χ1v) is 6.46. The Balaban J connectivity index is 1.90. The zero-order valence-corrected chi connectivity index (χ0v) is 10.5. The largest absolute Gasteiger partial charge is 0.453 e. The summed E-state index contributed by atoms with van der Waals surface area (Å²) in [6, 6.07) is 0. The summed E-state index contributed by atoms with van der Waals surface area (Å²) in [5.74, 6) is 1.24. The number of allylic oxidation sites excluding steroid dienone is 9. The molecule has 1 fully saturated rings. The molecule has 0 spiro atoms. The Labute approximate surface area is 107 Å². The number of carbonyl (C=O) groups excluding carboxylic acids is 1. The van der Waals surface area contributed by atoms with Gasteiger partial charge in [-0.1, -0.05) is 23.8 Å². The molecule has 1 heterocycles. The van der Waals surface area contributed by atoms with Gasteiger partial charge in [-0.05, 0) is 50.3 Å². The third-order valence-electron chi connectivity index (χ3n) is 3.43. The molecule has 0 aromatic heterocycles. The maximum absolute atomic E-state index is 12.1. The first-order chi connectivity index (χ1) is 8.74. The summed E-state index contributed by atoms with van der Waals surface area (Å²) in [6.07, 6.45) is 14.2. The van der Waals surface area contributed by atoms with E-state index in [4.69, 9.17) is 4.74 Å². The van der Waals surface area contributed by atoms with Gasteiger partial charge < -0.3 is 4.74 Å². The van der Waals surface area contributed by atoms with E-state index >= 15 is 0 Å². The van der Waals surface area contributed by atoms with E-state index in [1.54, 1.807) is 0 Å². The summed E-state index contributed by atoms with van der Waals surface area (Å²) in [5, 5.41) is 0. The molecule has 3 aliphatic rings. The van der Waals surface area contributed by atoms with Crippen LogP contribution in [0.4, 0.5) is 0 Å². The lowest BCUT2D eigenvalue weighted by Crippen LogP contribution is -1.99. The molecule has 0 aromatic carbocycles. The van der Waals surface area contributed by atoms with E-state index in [2.05, 4.69) is 19.1 Å². The summed E-state index contributed by atoms with van der Waals surface area (Å²) in [7, 11) is 0. The number of ketones is 1. The maximum atomic E-state index is 12.1. The third kappa shape index (κ3) is 1.99. The lowest BCUT2D eigenvalue weighted by molar-refractivity contribution is -0.112. The number of hydrogen-bond donors (Lipinski definition) is 0. The molecular formula is C16H16O2. The van der Waals surface area contributed by atoms with Crippen LogP contribution in [0.1, 0.15) is 32.6 Å². The van der Waals surface area contributed by atoms with E-state index < -0.39 is 0 Å². The van der Waals surface area contributed by atoms with Crippen LogP contribution >= 0.6 is 0 Å². The fourth-order valence-corrected chi connectivity index (χ4v) is 2.48. The van der Waals surface area contributed by atoms with Gasteiger partial charge in [-0.15, -0.1) is 0 Å². The Morgan fingerprint density at radius 3 is 2.78 bits per heavy atom. The van der Waals surface area contributed by atoms with Crippen LogP contribution in [0.2, 0.25) is 0 Å². The highest BCUT2D eigenvalue weighted by atomic mass is 16.5. The number of Topliss-reactive ketones (excluding diaryl/α,β-unsaturated/α-hetero) is 1. The van der Waals surface area contributed by atoms with Gasteiger partial charge in [0.25, 0.3) is 0 Å². The summed E-state index contributed by atoms with van der Waals surface area (Å²) < 4.78 is 5.65. The standard InChI is InChI=1S/C16H16O2/c1-11-5-4-6-12(9-11)10-15-16(17)13-7-2-3-8-14(13)18-15/h6-10H,2-5H2,1H3/b15-10-. The second-order valence-electron chi connectivity index (χ2n) is 4.94. The Hall–Kier alpha value is -1.83. The van der Waals surface area contributed by atoms with Gasteiger partial charge >= 0.3 is 0 Å². The minimum absolute atomic E-state index is 0.0264. The monoisotopic (exact) mass is 240 g/mol. The van der Waals surface area contributed by atoms with Crippen LogP contribution in [0.5, 0.6) is 0 Å². The van der Waals surface area contributed by atoms with Crippen molar-refractivity contribution in [3.05, 3.63) is 58.6 Å². The van der Waals surface area contributed by atoms with Crippen LogP contribution in [0.25, 0.3) is 0 Å². The van der Waals surface area contributed by atoms with Crippen LogP contribution in [0, 0.1) is 0 Å². The molecule has 1 saturated heterocycles. The van der Waals surface area contributed by atoms with Crippen molar-refractivity contribution in [2.75, 3.05) is 0 Å². The van der Waals surface area contributed by atoms with Crippen LogP contribution in [-0.4, -0.2) is 5.78 Å². The minimum Gasteiger partial charge on any atom is -0.453 e. The average molecular weight is 240 g/mol. The Morgan fingerprint density at radius 1 is 1.17 bits per heavy atom. The fourth-order valence-electron chi connectivity index (χ4n) is 2.48. The van der Waals surface area contributed by atoms with Gasteiger partial charge in [0.2, 0.25) is 5.78 Å². The maximum Gasteiger partial charge on any atom is 0.231 e. The van der Waals surface area contributed by atoms with Crippen molar-refractivity contribution in [1.82, 2.24) is 0 Å². The molecule has 1 aliphatic heterocycles. The van der Waals surface area contributed by atoms with E-state index in [1.807, 2.05) is 18.2 Å². The van der Waals surface area contributed by atoms with E-state index in [0.29, 0.717) is 5.76 Å². The van der Waals surface area contributed by atoms with Crippen LogP contribution in [-0.2, 0) is 9.53 Å². The van der Waals surface area contributed by atoms with Crippen molar-refractivity contribution < 1.29 is 9.53 Å². The molecule has 0 saturated carbocycles. The quantitative estimate of drug-likeness (QED) is 0.653. The van der Waals surface area contributed by atoms with Crippen LogP contribution in [0.3, 0.4) is 0 Å². The zero-order valence-electron chi connectivity index (χ0n) is 10.5. The molecule has 0 bridgehead atoms. The molecule has 2 nitrogen and oxygen atoms in total. The molecule has 0 atom stereocenters. The van der Waals surface area contributed by atoms with Crippen molar-refractivity contribution in [2.45, 2.75) is 32.6 Å². The lowest BCUT2D eigenvalue weighted by atomic mass is 9.99. The molecule has 0 N–H and O–H groups in total. The predicted octanol–water partition coefficient (Wildman–Crippen LogP) is 3.74. The second-order valence-corrected chi connectivity index (χ2v) is 4.94. The normalized spacial score (nSPS) is 24.9. The summed E-state index contributed by atoms with van der Waals surface area (Å²) in [4.78, 5) is 12.1. The predicted molar refractivity (Wildman–Crippen MR) is 70.6 cm³/mol. The van der Waals surface area contributed by atoms with Gasteiger partial charge in [-0.25, -0.2) is 0 Å². The number of rotatable bonds is 1. The molecule has 0 amide bonds. The van der Waals surface area contributed by atoms with Crippen molar-refractivity contribution >= 4 is 5.78 Å². The summed E-state index contributed by atoms with van der Waals surface area (Å²) in [5.41, 5.74) is 3.18. The zero-order chi connectivity index (χ0) is 12.5. The molecule has 0 unspecified atom stereocenters. The lowest BCUT2D eigenvalue weighted by Gasteiger charge is -2.07. The van der Waals surface area contributed by atoms with Crippen molar-refractivity contribution in [1.29, 1.82) is 0 Å². The number of fused-ring (bicyclic) bond motifs is 1. The van der Waals surface area contributed by atoms with E-state index in [0.717, 1.165) is 42.6 Å². The number of ether oxygens (including phenoxy) is 1. The summed E-state index contributed by atoms with van der Waals surface area (Å²) in [6.45, 7) is 2.12. The molecule has 0 radical (unpaired) electrons. The van der Waals surface area contributed by atoms with Gasteiger partial charge in [0.1, 0.15) is 5.76 Å². The second kappa shape index (κ2) is 4.45. The highest BCUT2D eigenvalue weighted by Gasteiger charge is 2.31. The van der Waals surface area contributed by atoms with E-state index in [9.17, 15) is 4.79 Å². The first kappa shape index (κ1) is 11.3. The Morgan fingerprint density at radius 2 is 2.00 bits per heavy atom. The van der Waals surface area contributed by atoms with Gasteiger partial charge in [-0.2, -0.15) is 0 Å². The molecule has 0 aromatic rings. The number of carbonyl (C=O) groups is 1. The SMILES string of the molecule is CC1=CC(/C=C2\OC3=CCCC=C3C2=O)=CCC1. The average Bonchev–Trinajstić information content (AvgIpc) is 2.67. The van der Waals surface area contributed by atoms with Gasteiger partial charge in [0.15, 0.2) is 5.76 Å². The molecule has 3 rings (SSSR count). The Bertz CT molecular complexity index is 554. The Kier molecular flexibility index (Phi) is 2.78. The summed E-state index contributed by atoms with van der Waals surface area (Å²) >= 11 is 0. The topological polar surface area (TPSA) is 26.3 Å². The number of hydrogen-bond acceptors (Lipinski definition) is 2. The molecule has 18 heavy (non-hydrogen) atoms. The highest BCUT2D eigenvalue weighted by Crippen LogP contribution is 2.33.